The van der Waals surface area contributed by atoms with Crippen molar-refractivity contribution in [3.05, 3.63) is 89.0 Å². The molecule has 0 saturated carbocycles. The number of Topliss-reactive ketones (excluding diaryl/α,β-unsaturated/α-hetero) is 1. The average Bonchev–Trinajstić information content (AvgIpc) is 3.17. The molecule has 40 heavy (non-hydrogen) atoms. The Morgan fingerprint density at radius 3 is 2.27 bits per heavy atom. The van der Waals surface area contributed by atoms with Gasteiger partial charge in [-0.2, -0.15) is 0 Å². The molecule has 3 aromatic carbocycles. The third-order valence-corrected chi connectivity index (χ3v) is 7.59. The number of carbonyl (C=O) groups is 2. The monoisotopic (exact) mass is 564 g/mol. The molecule has 0 bridgehead atoms. The van der Waals surface area contributed by atoms with Crippen molar-refractivity contribution in [2.24, 2.45) is 5.14 Å². The summed E-state index contributed by atoms with van der Waals surface area (Å²) in [7, 11) is -2.48. The lowest BCUT2D eigenvalue weighted by Gasteiger charge is -2.26. The highest BCUT2D eigenvalue weighted by atomic mass is 32.2. The van der Waals surface area contributed by atoms with Gasteiger partial charge in [0.05, 0.1) is 30.2 Å². The third-order valence-electron chi connectivity index (χ3n) is 6.66. The maximum absolute atomic E-state index is 13.5. The number of benzene rings is 3. The number of aliphatic hydroxyl groups excluding tert-OH is 1. The van der Waals surface area contributed by atoms with Crippen LogP contribution in [0.2, 0.25) is 0 Å². The van der Waals surface area contributed by atoms with Crippen LogP contribution in [-0.4, -0.2) is 38.9 Å². The zero-order chi connectivity index (χ0) is 29.4. The number of rotatable bonds is 7. The summed E-state index contributed by atoms with van der Waals surface area (Å²) in [4.78, 5) is 28.1. The lowest BCUT2D eigenvalue weighted by atomic mass is 9.84. The molecule has 0 aliphatic carbocycles. The van der Waals surface area contributed by atoms with E-state index in [2.05, 4.69) is 0 Å². The Hall–Kier alpha value is -4.15. The number of sulfonamides is 1. The number of hydrogen-bond donors (Lipinski definition) is 2. The molecule has 3 N–H and O–H groups in total. The van der Waals surface area contributed by atoms with E-state index in [1.807, 2.05) is 27.7 Å². The number of amides is 1. The molecular formula is C30H32N2O7S. The zero-order valence-corrected chi connectivity index (χ0v) is 23.8. The first-order valence-corrected chi connectivity index (χ1v) is 14.2. The summed E-state index contributed by atoms with van der Waals surface area (Å²) in [6, 6.07) is 16.3. The van der Waals surface area contributed by atoms with Gasteiger partial charge in [-0.3, -0.25) is 14.5 Å². The molecule has 1 aliphatic rings. The van der Waals surface area contributed by atoms with Gasteiger partial charge in [-0.25, -0.2) is 13.6 Å². The van der Waals surface area contributed by atoms with E-state index in [-0.39, 0.29) is 27.3 Å². The number of primary sulfonamides is 1. The van der Waals surface area contributed by atoms with E-state index >= 15 is 0 Å². The Balaban J connectivity index is 1.95. The highest BCUT2D eigenvalue weighted by Crippen LogP contribution is 2.44. The summed E-state index contributed by atoms with van der Waals surface area (Å²) in [5.74, 6) is -0.954. The molecule has 1 amide bonds. The van der Waals surface area contributed by atoms with Gasteiger partial charge < -0.3 is 14.6 Å². The van der Waals surface area contributed by atoms with Gasteiger partial charge in [-0.15, -0.1) is 0 Å². The predicted octanol–water partition coefficient (Wildman–Crippen LogP) is 4.67. The topological polar surface area (TPSA) is 136 Å². The standard InChI is InChI=1S/C30H32N2O7S/c1-6-39-24-15-10-19(17-23(24)30(2,3)4)27(33)25-26(18-8-7-9-21(16-18)38-5)32(29(35)28(25)34)20-11-13-22(14-12-20)40(31,36)37/h7-17,26,33H,6H2,1-5H3,(H2,31,36,37)/b27-25-. The van der Waals surface area contributed by atoms with Crippen LogP contribution < -0.4 is 19.5 Å². The molecule has 1 saturated heterocycles. The van der Waals surface area contributed by atoms with Crippen molar-refractivity contribution in [2.75, 3.05) is 18.6 Å². The number of methoxy groups -OCH3 is 1. The second-order valence-corrected chi connectivity index (χ2v) is 11.9. The van der Waals surface area contributed by atoms with E-state index in [1.54, 1.807) is 42.5 Å². The van der Waals surface area contributed by atoms with Crippen LogP contribution in [0.1, 0.15) is 50.4 Å². The van der Waals surface area contributed by atoms with Crippen molar-refractivity contribution >= 4 is 33.2 Å². The van der Waals surface area contributed by atoms with Crippen molar-refractivity contribution in [2.45, 2.75) is 44.0 Å². The SMILES string of the molecule is CCOc1ccc(/C(O)=C2/C(=O)C(=O)N(c3ccc(S(N)(=O)=O)cc3)C2c2cccc(OC)c2)cc1C(C)(C)C. The maximum atomic E-state index is 13.5. The van der Waals surface area contributed by atoms with Gasteiger partial charge in [0.1, 0.15) is 17.3 Å². The van der Waals surface area contributed by atoms with Gasteiger partial charge in [0.15, 0.2) is 0 Å². The fourth-order valence-electron chi connectivity index (χ4n) is 4.72. The molecule has 210 valence electrons. The predicted molar refractivity (Wildman–Crippen MR) is 152 cm³/mol. The van der Waals surface area contributed by atoms with E-state index in [0.717, 1.165) is 5.56 Å². The van der Waals surface area contributed by atoms with Gasteiger partial charge in [0.2, 0.25) is 10.0 Å². The van der Waals surface area contributed by atoms with Crippen LogP contribution in [-0.2, 0) is 25.0 Å². The minimum atomic E-state index is -3.97. The molecule has 1 heterocycles. The molecule has 9 nitrogen and oxygen atoms in total. The first kappa shape index (κ1) is 28.8. The molecule has 0 spiro atoms. The van der Waals surface area contributed by atoms with Crippen molar-refractivity contribution in [1.82, 2.24) is 0 Å². The van der Waals surface area contributed by atoms with Gasteiger partial charge in [-0.1, -0.05) is 32.9 Å². The number of carbonyl (C=O) groups excluding carboxylic acids is 2. The molecule has 1 atom stereocenters. The van der Waals surface area contributed by atoms with Crippen molar-refractivity contribution in [3.63, 3.8) is 0 Å². The molecule has 10 heteroatoms. The summed E-state index contributed by atoms with van der Waals surface area (Å²) >= 11 is 0. The Morgan fingerprint density at radius 2 is 1.70 bits per heavy atom. The second kappa shape index (κ2) is 10.8. The Labute approximate surface area is 233 Å². The first-order valence-electron chi connectivity index (χ1n) is 12.6. The molecule has 1 unspecified atom stereocenters. The molecule has 0 aromatic heterocycles. The van der Waals surface area contributed by atoms with Crippen LogP contribution in [0.15, 0.2) is 77.2 Å². The summed E-state index contributed by atoms with van der Waals surface area (Å²) in [6.45, 7) is 8.37. The molecule has 1 fully saturated rings. The van der Waals surface area contributed by atoms with Crippen LogP contribution in [0, 0.1) is 0 Å². The molecule has 0 radical (unpaired) electrons. The number of ether oxygens (including phenoxy) is 2. The highest BCUT2D eigenvalue weighted by molar-refractivity contribution is 7.89. The van der Waals surface area contributed by atoms with E-state index in [1.165, 1.54) is 36.3 Å². The van der Waals surface area contributed by atoms with E-state index in [0.29, 0.717) is 29.2 Å². The fraction of sp³-hybridized carbons (Fsp3) is 0.267. The van der Waals surface area contributed by atoms with Crippen molar-refractivity contribution < 1.29 is 32.6 Å². The van der Waals surface area contributed by atoms with Crippen molar-refractivity contribution in [1.29, 1.82) is 0 Å². The fourth-order valence-corrected chi connectivity index (χ4v) is 5.24. The number of ketones is 1. The van der Waals surface area contributed by atoms with Crippen LogP contribution in [0.4, 0.5) is 5.69 Å². The quantitative estimate of drug-likeness (QED) is 0.242. The van der Waals surface area contributed by atoms with E-state index in [4.69, 9.17) is 14.6 Å². The minimum Gasteiger partial charge on any atom is -0.507 e. The molecule has 3 aromatic rings. The maximum Gasteiger partial charge on any atom is 0.300 e. The number of anilines is 1. The van der Waals surface area contributed by atoms with Gasteiger partial charge in [0.25, 0.3) is 11.7 Å². The average molecular weight is 565 g/mol. The largest absolute Gasteiger partial charge is 0.507 e. The second-order valence-electron chi connectivity index (χ2n) is 10.4. The molecule has 1 aliphatic heterocycles. The summed E-state index contributed by atoms with van der Waals surface area (Å²) in [5.41, 5.74) is 1.48. The molecular weight excluding hydrogens is 532 g/mol. The summed E-state index contributed by atoms with van der Waals surface area (Å²) in [6.07, 6.45) is 0. The van der Waals surface area contributed by atoms with E-state index < -0.39 is 27.8 Å². The number of nitrogens with zero attached hydrogens (tertiary/aromatic N) is 1. The molecule has 4 rings (SSSR count). The minimum absolute atomic E-state index is 0.113. The Kier molecular flexibility index (Phi) is 7.78. The van der Waals surface area contributed by atoms with Crippen LogP contribution >= 0.6 is 0 Å². The van der Waals surface area contributed by atoms with Crippen LogP contribution in [0.3, 0.4) is 0 Å². The normalized spacial score (nSPS) is 17.2. The lowest BCUT2D eigenvalue weighted by molar-refractivity contribution is -0.132. The van der Waals surface area contributed by atoms with E-state index in [9.17, 15) is 23.1 Å². The Bertz CT molecular complexity index is 1600. The lowest BCUT2D eigenvalue weighted by Crippen LogP contribution is -2.29. The number of aliphatic hydroxyl groups is 1. The summed E-state index contributed by atoms with van der Waals surface area (Å²) < 4.78 is 34.7. The van der Waals surface area contributed by atoms with Gasteiger partial charge in [0, 0.05) is 16.8 Å². The van der Waals surface area contributed by atoms with Gasteiger partial charge in [-0.05, 0) is 72.5 Å². The highest BCUT2D eigenvalue weighted by Gasteiger charge is 2.47. The van der Waals surface area contributed by atoms with Crippen LogP contribution in [0.25, 0.3) is 5.76 Å². The zero-order valence-electron chi connectivity index (χ0n) is 23.0. The van der Waals surface area contributed by atoms with Crippen molar-refractivity contribution in [3.8, 4) is 11.5 Å². The summed E-state index contributed by atoms with van der Waals surface area (Å²) in [5, 5.41) is 16.8. The number of hydrogen-bond acceptors (Lipinski definition) is 7. The third kappa shape index (κ3) is 5.45. The van der Waals surface area contributed by atoms with Crippen LogP contribution in [0.5, 0.6) is 11.5 Å². The Morgan fingerprint density at radius 1 is 1.02 bits per heavy atom. The number of nitrogens with two attached hydrogens (primary N) is 1. The van der Waals surface area contributed by atoms with Gasteiger partial charge >= 0.3 is 0 Å². The smallest absolute Gasteiger partial charge is 0.300 e. The first-order chi connectivity index (χ1) is 18.8.